The molecule has 29 heavy (non-hydrogen) atoms. The van der Waals surface area contributed by atoms with Crippen LogP contribution in [0.4, 0.5) is 13.2 Å². The van der Waals surface area contributed by atoms with E-state index in [0.717, 1.165) is 28.5 Å². The number of alkyl halides is 3. The molecular weight excluding hydrogens is 383 g/mol. The largest absolute Gasteiger partial charge is 0.491 e. The van der Waals surface area contributed by atoms with Gasteiger partial charge in [0.05, 0.1) is 12.0 Å². The predicted octanol–water partition coefficient (Wildman–Crippen LogP) is 3.96. The molecule has 0 aliphatic rings. The van der Waals surface area contributed by atoms with Crippen LogP contribution in [0.3, 0.4) is 0 Å². The first kappa shape index (κ1) is 20.7. The van der Waals surface area contributed by atoms with Gasteiger partial charge in [0.15, 0.2) is 0 Å². The molecule has 2 N–H and O–H groups in total. The van der Waals surface area contributed by atoms with E-state index < -0.39 is 17.8 Å². The normalized spacial score (nSPS) is 12.6. The third-order valence-corrected chi connectivity index (χ3v) is 4.32. The summed E-state index contributed by atoms with van der Waals surface area (Å²) >= 11 is 0. The number of hydrogen-bond donors (Lipinski definition) is 2. The highest BCUT2D eigenvalue weighted by atomic mass is 19.4. The van der Waals surface area contributed by atoms with E-state index in [1.807, 2.05) is 42.5 Å². The number of carbonyl (C=O) groups is 1. The number of halogens is 3. The standard InChI is InChI=1S/C22H20F3NO3/c23-22(24,25)18-6-3-7-20(12-18)29-14-19(27)13-26-21(28)11-15-8-9-16-4-1-2-5-17(16)10-15/h1-10,12,19,27H,11,13-14H2,(H,26,28). The lowest BCUT2D eigenvalue weighted by molar-refractivity contribution is -0.137. The highest BCUT2D eigenvalue weighted by molar-refractivity contribution is 5.85. The molecule has 0 spiro atoms. The lowest BCUT2D eigenvalue weighted by Crippen LogP contribution is -2.36. The van der Waals surface area contributed by atoms with Crippen LogP contribution >= 0.6 is 0 Å². The molecule has 1 unspecified atom stereocenters. The van der Waals surface area contributed by atoms with Crippen molar-refractivity contribution in [1.29, 1.82) is 0 Å². The Hall–Kier alpha value is -3.06. The first-order chi connectivity index (χ1) is 13.8. The molecule has 0 aromatic heterocycles. The summed E-state index contributed by atoms with van der Waals surface area (Å²) < 4.78 is 43.3. The third-order valence-electron chi connectivity index (χ3n) is 4.32. The molecule has 3 rings (SSSR count). The van der Waals surface area contributed by atoms with Crippen LogP contribution < -0.4 is 10.1 Å². The minimum atomic E-state index is -4.46. The molecule has 0 saturated carbocycles. The number of amides is 1. The van der Waals surface area contributed by atoms with Gasteiger partial charge in [0, 0.05) is 6.54 Å². The van der Waals surface area contributed by atoms with Crippen molar-refractivity contribution in [2.75, 3.05) is 13.2 Å². The van der Waals surface area contributed by atoms with Crippen LogP contribution in [0, 0.1) is 0 Å². The fourth-order valence-corrected chi connectivity index (χ4v) is 2.84. The number of ether oxygens (including phenoxy) is 1. The van der Waals surface area contributed by atoms with Crippen molar-refractivity contribution >= 4 is 16.7 Å². The van der Waals surface area contributed by atoms with Gasteiger partial charge in [-0.2, -0.15) is 13.2 Å². The molecule has 0 aliphatic heterocycles. The second-order valence-corrected chi connectivity index (χ2v) is 6.65. The molecule has 0 bridgehead atoms. The average molecular weight is 403 g/mol. The molecule has 4 nitrogen and oxygen atoms in total. The number of rotatable bonds is 7. The Morgan fingerprint density at radius 2 is 1.76 bits per heavy atom. The van der Waals surface area contributed by atoms with Gasteiger partial charge in [0.25, 0.3) is 0 Å². The zero-order valence-corrected chi connectivity index (χ0v) is 15.4. The molecule has 152 valence electrons. The van der Waals surface area contributed by atoms with Gasteiger partial charge in [-0.25, -0.2) is 0 Å². The number of carbonyl (C=O) groups excluding carboxylic acids is 1. The van der Waals surface area contributed by atoms with Gasteiger partial charge in [0.2, 0.25) is 5.91 Å². The molecule has 3 aromatic rings. The van der Waals surface area contributed by atoms with Gasteiger partial charge in [0.1, 0.15) is 18.5 Å². The zero-order chi connectivity index (χ0) is 20.9. The van der Waals surface area contributed by atoms with Crippen molar-refractivity contribution in [1.82, 2.24) is 5.32 Å². The van der Waals surface area contributed by atoms with Gasteiger partial charge < -0.3 is 15.2 Å². The Bertz CT molecular complexity index is 988. The van der Waals surface area contributed by atoms with E-state index in [2.05, 4.69) is 5.32 Å². The van der Waals surface area contributed by atoms with E-state index in [1.165, 1.54) is 12.1 Å². The van der Waals surface area contributed by atoms with Crippen LogP contribution in [-0.4, -0.2) is 30.3 Å². The molecule has 1 amide bonds. The second-order valence-electron chi connectivity index (χ2n) is 6.65. The molecule has 3 aromatic carbocycles. The maximum Gasteiger partial charge on any atom is 0.416 e. The maximum atomic E-state index is 12.7. The lowest BCUT2D eigenvalue weighted by Gasteiger charge is -2.14. The Balaban J connectivity index is 1.46. The van der Waals surface area contributed by atoms with Crippen LogP contribution in [-0.2, 0) is 17.4 Å². The highest BCUT2D eigenvalue weighted by Crippen LogP contribution is 2.31. The van der Waals surface area contributed by atoms with E-state index in [4.69, 9.17) is 4.74 Å². The number of hydrogen-bond acceptors (Lipinski definition) is 3. The summed E-state index contributed by atoms with van der Waals surface area (Å²) in [6, 6.07) is 18.0. The average Bonchev–Trinajstić information content (AvgIpc) is 2.70. The Morgan fingerprint density at radius 1 is 1.00 bits per heavy atom. The van der Waals surface area contributed by atoms with E-state index >= 15 is 0 Å². The Morgan fingerprint density at radius 3 is 2.52 bits per heavy atom. The summed E-state index contributed by atoms with van der Waals surface area (Å²) in [5.74, 6) is -0.264. The number of benzene rings is 3. The van der Waals surface area contributed by atoms with E-state index in [-0.39, 0.29) is 31.2 Å². The molecular formula is C22H20F3NO3. The number of fused-ring (bicyclic) bond motifs is 1. The van der Waals surface area contributed by atoms with Crippen molar-refractivity contribution < 1.29 is 27.8 Å². The topological polar surface area (TPSA) is 58.6 Å². The van der Waals surface area contributed by atoms with Crippen LogP contribution in [0.5, 0.6) is 5.75 Å². The lowest BCUT2D eigenvalue weighted by atomic mass is 10.0. The van der Waals surface area contributed by atoms with Crippen LogP contribution in [0.15, 0.2) is 66.7 Å². The first-order valence-electron chi connectivity index (χ1n) is 9.04. The van der Waals surface area contributed by atoms with Crippen molar-refractivity contribution in [2.45, 2.75) is 18.7 Å². The minimum absolute atomic E-state index is 0.00126. The highest BCUT2D eigenvalue weighted by Gasteiger charge is 2.30. The van der Waals surface area contributed by atoms with Crippen LogP contribution in [0.2, 0.25) is 0 Å². The quantitative estimate of drug-likeness (QED) is 0.628. The van der Waals surface area contributed by atoms with Crippen molar-refractivity contribution in [3.05, 3.63) is 77.9 Å². The van der Waals surface area contributed by atoms with Gasteiger partial charge in [-0.1, -0.05) is 48.5 Å². The van der Waals surface area contributed by atoms with E-state index in [1.54, 1.807) is 0 Å². The molecule has 0 aliphatic carbocycles. The van der Waals surface area contributed by atoms with Crippen molar-refractivity contribution in [3.63, 3.8) is 0 Å². The fourth-order valence-electron chi connectivity index (χ4n) is 2.84. The Kier molecular flexibility index (Phi) is 6.39. The molecule has 0 fully saturated rings. The maximum absolute atomic E-state index is 12.7. The zero-order valence-electron chi connectivity index (χ0n) is 15.4. The van der Waals surface area contributed by atoms with Gasteiger partial charge in [-0.05, 0) is 34.5 Å². The van der Waals surface area contributed by atoms with Gasteiger partial charge in [-0.3, -0.25) is 4.79 Å². The van der Waals surface area contributed by atoms with Gasteiger partial charge in [-0.15, -0.1) is 0 Å². The Labute approximate surface area is 165 Å². The van der Waals surface area contributed by atoms with E-state index in [0.29, 0.717) is 0 Å². The molecule has 0 saturated heterocycles. The SMILES string of the molecule is O=C(Cc1ccc2ccccc2c1)NCC(O)COc1cccc(C(F)(F)F)c1. The summed E-state index contributed by atoms with van der Waals surface area (Å²) in [6.07, 6.45) is -5.36. The molecule has 1 atom stereocenters. The smallest absolute Gasteiger partial charge is 0.416 e. The van der Waals surface area contributed by atoms with Crippen molar-refractivity contribution in [3.8, 4) is 5.75 Å². The number of aliphatic hydroxyl groups excluding tert-OH is 1. The summed E-state index contributed by atoms with van der Waals surface area (Å²) in [4.78, 5) is 12.1. The minimum Gasteiger partial charge on any atom is -0.491 e. The van der Waals surface area contributed by atoms with E-state index in [9.17, 15) is 23.1 Å². The van der Waals surface area contributed by atoms with Crippen LogP contribution in [0.1, 0.15) is 11.1 Å². The monoisotopic (exact) mass is 403 g/mol. The van der Waals surface area contributed by atoms with Gasteiger partial charge >= 0.3 is 6.18 Å². The summed E-state index contributed by atoms with van der Waals surface area (Å²) in [7, 11) is 0. The fraction of sp³-hybridized carbons (Fsp3) is 0.227. The molecule has 0 radical (unpaired) electrons. The second kappa shape index (κ2) is 8.96. The summed E-state index contributed by atoms with van der Waals surface area (Å²) in [5.41, 5.74) is 0.0177. The predicted molar refractivity (Wildman–Crippen MR) is 104 cm³/mol. The van der Waals surface area contributed by atoms with Crippen LogP contribution in [0.25, 0.3) is 10.8 Å². The molecule has 7 heteroatoms. The first-order valence-corrected chi connectivity index (χ1v) is 9.04. The summed E-state index contributed by atoms with van der Waals surface area (Å²) in [6.45, 7) is -0.303. The molecule has 0 heterocycles. The number of nitrogens with one attached hydrogen (secondary N) is 1. The van der Waals surface area contributed by atoms with Crippen molar-refractivity contribution in [2.24, 2.45) is 0 Å². The number of aliphatic hydroxyl groups is 1. The summed E-state index contributed by atoms with van der Waals surface area (Å²) in [5, 5.41) is 14.7. The third kappa shape index (κ3) is 5.96.